The average molecular weight is 329 g/mol. The van der Waals surface area contributed by atoms with Gasteiger partial charge in [-0.15, -0.1) is 4.36 Å². The zero-order valence-corrected chi connectivity index (χ0v) is 13.7. The predicted octanol–water partition coefficient (Wildman–Crippen LogP) is 3.77. The van der Waals surface area contributed by atoms with Gasteiger partial charge in [-0.05, 0) is 38.5 Å². The molecule has 0 aliphatic carbocycles. The van der Waals surface area contributed by atoms with Crippen LogP contribution >= 0.6 is 11.6 Å². The Bertz CT molecular complexity index is 680. The molecule has 0 N–H and O–H groups in total. The van der Waals surface area contributed by atoms with E-state index in [1.165, 1.54) is 0 Å². The molecule has 0 bridgehead atoms. The molecule has 0 radical (unpaired) electrons. The Hall–Kier alpha value is -1.58. The highest BCUT2D eigenvalue weighted by molar-refractivity contribution is 7.93. The van der Waals surface area contributed by atoms with Crippen molar-refractivity contribution in [2.24, 2.45) is 4.36 Å². The lowest BCUT2D eigenvalue weighted by molar-refractivity contribution is 0.0607. The maximum absolute atomic E-state index is 12.6. The highest BCUT2D eigenvalue weighted by Crippen LogP contribution is 2.16. The summed E-state index contributed by atoms with van der Waals surface area (Å²) in [5, 5.41) is 9.30. The number of carbonyl (C=O) groups is 1. The first-order valence-corrected chi connectivity index (χ1v) is 8.43. The molecule has 0 aliphatic heterocycles. The van der Waals surface area contributed by atoms with Crippen molar-refractivity contribution in [1.82, 2.24) is 0 Å². The topological polar surface area (TPSA) is 79.5 Å². The second kappa shape index (κ2) is 6.92. The van der Waals surface area contributed by atoms with Crippen LogP contribution < -0.4 is 0 Å². The molecule has 0 saturated carbocycles. The van der Waals surface area contributed by atoms with Crippen molar-refractivity contribution in [1.29, 1.82) is 5.26 Å². The molecule has 1 aromatic carbocycles. The van der Waals surface area contributed by atoms with Crippen LogP contribution in [0, 0.1) is 11.3 Å². The SMILES string of the molecule is CC(C)(C)OC(=O)N=S(=O)(CC#N)Cc1cccc(Cl)c1. The Morgan fingerprint density at radius 1 is 1.48 bits per heavy atom. The van der Waals surface area contributed by atoms with E-state index in [0.717, 1.165) is 0 Å². The lowest BCUT2D eigenvalue weighted by Crippen LogP contribution is -2.23. The fraction of sp³-hybridized carbons (Fsp3) is 0.429. The molecule has 1 rings (SSSR count). The second-order valence-electron chi connectivity index (χ2n) is 5.42. The van der Waals surface area contributed by atoms with Crippen LogP contribution in [-0.4, -0.2) is 21.7 Å². The lowest BCUT2D eigenvalue weighted by atomic mass is 10.2. The van der Waals surface area contributed by atoms with Crippen molar-refractivity contribution < 1.29 is 13.7 Å². The molecule has 1 unspecified atom stereocenters. The van der Waals surface area contributed by atoms with E-state index in [1.807, 2.05) is 0 Å². The van der Waals surface area contributed by atoms with Gasteiger partial charge in [0.25, 0.3) is 0 Å². The number of rotatable bonds is 3. The van der Waals surface area contributed by atoms with E-state index in [4.69, 9.17) is 21.6 Å². The molecule has 0 fully saturated rings. The van der Waals surface area contributed by atoms with Crippen LogP contribution in [0.3, 0.4) is 0 Å². The summed E-state index contributed by atoms with van der Waals surface area (Å²) in [6.07, 6.45) is -0.926. The van der Waals surface area contributed by atoms with E-state index in [1.54, 1.807) is 51.1 Å². The summed E-state index contributed by atoms with van der Waals surface area (Å²) in [5.74, 6) is -0.376. The number of ether oxygens (including phenoxy) is 1. The molecule has 114 valence electrons. The van der Waals surface area contributed by atoms with E-state index in [2.05, 4.69) is 4.36 Å². The first-order chi connectivity index (χ1) is 9.63. The number of halogens is 1. The molecule has 0 heterocycles. The van der Waals surface area contributed by atoms with Gasteiger partial charge in [-0.3, -0.25) is 0 Å². The molecule has 1 atom stereocenters. The monoisotopic (exact) mass is 328 g/mol. The van der Waals surface area contributed by atoms with Crippen molar-refractivity contribution in [2.45, 2.75) is 32.1 Å². The predicted molar refractivity (Wildman–Crippen MR) is 82.4 cm³/mol. The van der Waals surface area contributed by atoms with E-state index in [0.29, 0.717) is 10.6 Å². The van der Waals surface area contributed by atoms with Gasteiger partial charge in [-0.2, -0.15) is 5.26 Å². The zero-order chi connectivity index (χ0) is 16.1. The molecule has 0 spiro atoms. The molecule has 21 heavy (non-hydrogen) atoms. The van der Waals surface area contributed by atoms with Crippen LogP contribution in [0.1, 0.15) is 26.3 Å². The molecule has 7 heteroatoms. The first kappa shape index (κ1) is 17.5. The normalized spacial score (nSPS) is 13.9. The minimum absolute atomic E-state index is 0.0274. The molecular formula is C14H17ClN2O3S. The van der Waals surface area contributed by atoms with E-state index < -0.39 is 21.4 Å². The van der Waals surface area contributed by atoms with Gasteiger partial charge in [0.1, 0.15) is 11.4 Å². The molecule has 0 aromatic heterocycles. The minimum Gasteiger partial charge on any atom is -0.442 e. The zero-order valence-electron chi connectivity index (χ0n) is 12.1. The Kier molecular flexibility index (Phi) is 5.76. The summed E-state index contributed by atoms with van der Waals surface area (Å²) >= 11 is 5.86. The van der Waals surface area contributed by atoms with Crippen molar-refractivity contribution in [3.63, 3.8) is 0 Å². The second-order valence-corrected chi connectivity index (χ2v) is 8.16. The van der Waals surface area contributed by atoms with E-state index >= 15 is 0 Å². The van der Waals surface area contributed by atoms with Gasteiger partial charge in [-0.25, -0.2) is 9.00 Å². The van der Waals surface area contributed by atoms with Crippen LogP contribution in [0.2, 0.25) is 5.02 Å². The van der Waals surface area contributed by atoms with Crippen LogP contribution in [0.25, 0.3) is 0 Å². The van der Waals surface area contributed by atoms with Gasteiger partial charge in [0.15, 0.2) is 0 Å². The molecule has 0 aliphatic rings. The smallest absolute Gasteiger partial charge is 0.442 e. The summed E-state index contributed by atoms with van der Waals surface area (Å²) in [5.41, 5.74) is -0.0843. The Labute approximate surface area is 130 Å². The number of benzene rings is 1. The maximum atomic E-state index is 12.6. The highest BCUT2D eigenvalue weighted by Gasteiger charge is 2.19. The van der Waals surface area contributed by atoms with E-state index in [-0.39, 0.29) is 11.5 Å². The average Bonchev–Trinajstić information content (AvgIpc) is 2.25. The third kappa shape index (κ3) is 6.61. The number of hydrogen-bond donors (Lipinski definition) is 0. The van der Waals surface area contributed by atoms with Crippen LogP contribution in [0.15, 0.2) is 28.6 Å². The highest BCUT2D eigenvalue weighted by atomic mass is 35.5. The molecule has 0 saturated heterocycles. The van der Waals surface area contributed by atoms with Crippen LogP contribution in [-0.2, 0) is 20.2 Å². The van der Waals surface area contributed by atoms with Gasteiger partial charge in [0.2, 0.25) is 0 Å². The van der Waals surface area contributed by atoms with Gasteiger partial charge >= 0.3 is 6.09 Å². The van der Waals surface area contributed by atoms with Gasteiger partial charge in [0.05, 0.1) is 21.6 Å². The van der Waals surface area contributed by atoms with Gasteiger partial charge < -0.3 is 4.74 Å². The molecule has 1 aromatic rings. The summed E-state index contributed by atoms with van der Waals surface area (Å²) in [7, 11) is -3.05. The number of hydrogen-bond acceptors (Lipinski definition) is 4. The molecular weight excluding hydrogens is 312 g/mol. The van der Waals surface area contributed by atoms with Crippen molar-refractivity contribution >= 4 is 27.4 Å². The summed E-state index contributed by atoms with van der Waals surface area (Å²) in [6.45, 7) is 5.05. The summed E-state index contributed by atoms with van der Waals surface area (Å²) in [6, 6.07) is 8.53. The van der Waals surface area contributed by atoms with Crippen molar-refractivity contribution in [2.75, 3.05) is 5.75 Å². The number of amides is 1. The summed E-state index contributed by atoms with van der Waals surface area (Å²) < 4.78 is 21.3. The van der Waals surface area contributed by atoms with Crippen molar-refractivity contribution in [3.05, 3.63) is 34.9 Å². The van der Waals surface area contributed by atoms with Crippen LogP contribution in [0.4, 0.5) is 4.79 Å². The van der Waals surface area contributed by atoms with Gasteiger partial charge in [0, 0.05) is 5.02 Å². The fourth-order valence-electron chi connectivity index (χ4n) is 1.52. The minimum atomic E-state index is -3.05. The quantitative estimate of drug-likeness (QED) is 0.846. The van der Waals surface area contributed by atoms with Gasteiger partial charge in [-0.1, -0.05) is 23.7 Å². The molecule has 5 nitrogen and oxygen atoms in total. The maximum Gasteiger partial charge on any atom is 0.442 e. The Morgan fingerprint density at radius 2 is 2.14 bits per heavy atom. The number of carbonyl (C=O) groups excluding carboxylic acids is 1. The lowest BCUT2D eigenvalue weighted by Gasteiger charge is -2.17. The Balaban J connectivity index is 3.06. The van der Waals surface area contributed by atoms with Crippen LogP contribution in [0.5, 0.6) is 0 Å². The fourth-order valence-corrected chi connectivity index (χ4v) is 3.18. The first-order valence-electron chi connectivity index (χ1n) is 6.20. The number of nitrogens with zero attached hydrogens (tertiary/aromatic N) is 2. The third-order valence-corrected chi connectivity index (χ3v) is 4.29. The molecule has 1 amide bonds. The standard InChI is InChI=1S/C14H17ClN2O3S/c1-14(2,3)20-13(18)17-21(19,8-7-16)10-11-5-4-6-12(15)9-11/h4-6,9H,8,10H2,1-3H3. The van der Waals surface area contributed by atoms with E-state index in [9.17, 15) is 9.00 Å². The number of nitriles is 1. The Morgan fingerprint density at radius 3 is 2.67 bits per heavy atom. The summed E-state index contributed by atoms with van der Waals surface area (Å²) in [4.78, 5) is 11.7. The largest absolute Gasteiger partial charge is 0.442 e. The van der Waals surface area contributed by atoms with Crippen molar-refractivity contribution in [3.8, 4) is 6.07 Å². The third-order valence-electron chi connectivity index (χ3n) is 2.21.